The lowest BCUT2D eigenvalue weighted by Crippen LogP contribution is -2.45. The number of nitrogens with one attached hydrogen (secondary N) is 2. The predicted octanol–water partition coefficient (Wildman–Crippen LogP) is 3.39. The number of carbonyl (C=O) groups excluding carboxylic acids is 2. The lowest BCUT2D eigenvalue weighted by atomic mass is 10.0. The largest absolute Gasteiger partial charge is 0.467 e. The molecule has 0 fully saturated rings. The highest BCUT2D eigenvalue weighted by molar-refractivity contribution is 5.89. The lowest BCUT2D eigenvalue weighted by Gasteiger charge is -2.22. The minimum absolute atomic E-state index is 0.321. The Labute approximate surface area is 147 Å². The van der Waals surface area contributed by atoms with Crippen molar-refractivity contribution in [3.8, 4) is 0 Å². The molecule has 6 nitrogen and oxygen atoms in total. The van der Waals surface area contributed by atoms with Gasteiger partial charge in [-0.1, -0.05) is 18.2 Å². The van der Waals surface area contributed by atoms with Crippen LogP contribution in [0.5, 0.6) is 0 Å². The van der Waals surface area contributed by atoms with Gasteiger partial charge in [0.2, 0.25) is 0 Å². The fourth-order valence-electron chi connectivity index (χ4n) is 2.80. The maximum atomic E-state index is 12.2. The van der Waals surface area contributed by atoms with E-state index in [2.05, 4.69) is 10.3 Å². The Bertz CT molecular complexity index is 787. The minimum atomic E-state index is -0.821. The zero-order valence-electron chi connectivity index (χ0n) is 15.6. The first-order valence-corrected chi connectivity index (χ1v) is 8.26. The summed E-state index contributed by atoms with van der Waals surface area (Å²) in [5, 5.41) is 3.66. The zero-order chi connectivity index (χ0) is 18.8. The molecule has 25 heavy (non-hydrogen) atoms. The van der Waals surface area contributed by atoms with E-state index in [1.165, 1.54) is 7.11 Å². The van der Waals surface area contributed by atoms with Gasteiger partial charge in [0.05, 0.1) is 7.11 Å². The number of aryl methyl sites for hydroxylation is 2. The lowest BCUT2D eigenvalue weighted by molar-refractivity contribution is -0.143. The molecule has 0 aliphatic heterocycles. The molecule has 0 unspecified atom stereocenters. The van der Waals surface area contributed by atoms with E-state index < -0.39 is 23.7 Å². The van der Waals surface area contributed by atoms with Crippen LogP contribution in [0.1, 0.15) is 37.6 Å². The second-order valence-electron chi connectivity index (χ2n) is 7.15. The Kier molecular flexibility index (Phi) is 5.40. The molecular formula is C19H26N2O4. The van der Waals surface area contributed by atoms with Crippen molar-refractivity contribution in [1.29, 1.82) is 0 Å². The number of fused-ring (bicyclic) bond motifs is 1. The van der Waals surface area contributed by atoms with E-state index in [-0.39, 0.29) is 0 Å². The van der Waals surface area contributed by atoms with E-state index in [1.54, 1.807) is 20.8 Å². The number of hydrogen-bond donors (Lipinski definition) is 2. The number of amides is 1. The van der Waals surface area contributed by atoms with Crippen LogP contribution in [0.25, 0.3) is 10.9 Å². The summed E-state index contributed by atoms with van der Waals surface area (Å²) in [5.74, 6) is -0.507. The van der Waals surface area contributed by atoms with Gasteiger partial charge in [-0.2, -0.15) is 0 Å². The first-order chi connectivity index (χ1) is 11.6. The van der Waals surface area contributed by atoms with E-state index in [1.807, 2.05) is 32.0 Å². The van der Waals surface area contributed by atoms with E-state index in [9.17, 15) is 9.59 Å². The number of rotatable bonds is 4. The van der Waals surface area contributed by atoms with Crippen molar-refractivity contribution in [3.05, 3.63) is 35.0 Å². The molecule has 2 N–H and O–H groups in total. The van der Waals surface area contributed by atoms with Crippen LogP contribution in [0.2, 0.25) is 0 Å². The van der Waals surface area contributed by atoms with Crippen LogP contribution in [0.3, 0.4) is 0 Å². The summed E-state index contributed by atoms with van der Waals surface area (Å²) in [5.41, 5.74) is 3.46. The predicted molar refractivity (Wildman–Crippen MR) is 96.7 cm³/mol. The van der Waals surface area contributed by atoms with Gasteiger partial charge >= 0.3 is 12.1 Å². The molecule has 0 saturated heterocycles. The highest BCUT2D eigenvalue weighted by atomic mass is 16.6. The molecule has 6 heteroatoms. The Hall–Kier alpha value is -2.50. The summed E-state index contributed by atoms with van der Waals surface area (Å²) >= 11 is 0. The van der Waals surface area contributed by atoms with E-state index in [4.69, 9.17) is 9.47 Å². The quantitative estimate of drug-likeness (QED) is 0.832. The van der Waals surface area contributed by atoms with Gasteiger partial charge in [-0.25, -0.2) is 9.59 Å². The third kappa shape index (κ3) is 4.53. The smallest absolute Gasteiger partial charge is 0.408 e. The molecule has 1 amide bonds. The molecule has 136 valence electrons. The monoisotopic (exact) mass is 346 g/mol. The standard InChI is InChI=1S/C19H26N2O4/c1-11-8-7-9-13-14(12(2)20-16(11)13)10-15(17(22)24-6)21-18(23)25-19(3,4)5/h7-9,15,20H,10H2,1-6H3,(H,21,23)/t15-/m1/s1. The number of ether oxygens (including phenoxy) is 2. The van der Waals surface area contributed by atoms with Crippen molar-refractivity contribution in [2.45, 2.75) is 52.7 Å². The molecular weight excluding hydrogens is 320 g/mol. The Morgan fingerprint density at radius 2 is 1.92 bits per heavy atom. The molecule has 2 aromatic rings. The topological polar surface area (TPSA) is 80.4 Å². The number of hydrogen-bond acceptors (Lipinski definition) is 4. The Balaban J connectivity index is 2.29. The molecule has 0 aliphatic rings. The number of aromatic nitrogens is 1. The summed E-state index contributed by atoms with van der Waals surface area (Å²) in [4.78, 5) is 27.6. The van der Waals surface area contributed by atoms with Crippen molar-refractivity contribution in [2.24, 2.45) is 0 Å². The van der Waals surface area contributed by atoms with Gasteiger partial charge in [0.1, 0.15) is 11.6 Å². The van der Waals surface area contributed by atoms with Crippen LogP contribution in [-0.2, 0) is 20.7 Å². The SMILES string of the molecule is COC(=O)[C@@H](Cc1c(C)[nH]c2c(C)cccc12)NC(=O)OC(C)(C)C. The van der Waals surface area contributed by atoms with Gasteiger partial charge in [0.15, 0.2) is 0 Å². The van der Waals surface area contributed by atoms with Crippen LogP contribution < -0.4 is 5.32 Å². The summed E-state index contributed by atoms with van der Waals surface area (Å²) in [6, 6.07) is 5.18. The van der Waals surface area contributed by atoms with Gasteiger partial charge in [0, 0.05) is 23.0 Å². The highest BCUT2D eigenvalue weighted by Crippen LogP contribution is 2.26. The Morgan fingerprint density at radius 3 is 2.52 bits per heavy atom. The fraction of sp³-hybridized carbons (Fsp3) is 0.474. The van der Waals surface area contributed by atoms with E-state index in [0.717, 1.165) is 27.7 Å². The fourth-order valence-corrected chi connectivity index (χ4v) is 2.80. The van der Waals surface area contributed by atoms with Gasteiger partial charge < -0.3 is 19.8 Å². The number of alkyl carbamates (subject to hydrolysis) is 1. The van der Waals surface area contributed by atoms with Crippen molar-refractivity contribution in [3.63, 3.8) is 0 Å². The number of carbonyl (C=O) groups is 2. The number of aromatic amines is 1. The Morgan fingerprint density at radius 1 is 1.24 bits per heavy atom. The molecule has 1 aromatic carbocycles. The minimum Gasteiger partial charge on any atom is -0.467 e. The molecule has 0 saturated carbocycles. The number of H-pyrrole nitrogens is 1. The van der Waals surface area contributed by atoms with Crippen LogP contribution in [0.15, 0.2) is 18.2 Å². The van der Waals surface area contributed by atoms with Crippen molar-refractivity contribution < 1.29 is 19.1 Å². The average molecular weight is 346 g/mol. The van der Waals surface area contributed by atoms with Crippen LogP contribution in [-0.4, -0.2) is 35.8 Å². The van der Waals surface area contributed by atoms with Gasteiger partial charge in [0.25, 0.3) is 0 Å². The van der Waals surface area contributed by atoms with Crippen molar-refractivity contribution in [1.82, 2.24) is 10.3 Å². The normalized spacial score (nSPS) is 12.7. The molecule has 2 rings (SSSR count). The van der Waals surface area contributed by atoms with Gasteiger partial charge in [-0.15, -0.1) is 0 Å². The number of esters is 1. The molecule has 0 radical (unpaired) electrons. The highest BCUT2D eigenvalue weighted by Gasteiger charge is 2.27. The second-order valence-corrected chi connectivity index (χ2v) is 7.15. The number of benzene rings is 1. The van der Waals surface area contributed by atoms with E-state index in [0.29, 0.717) is 6.42 Å². The van der Waals surface area contributed by atoms with Gasteiger partial charge in [-0.3, -0.25) is 0 Å². The molecule has 0 aliphatic carbocycles. The summed E-state index contributed by atoms with van der Waals surface area (Å²) in [6.45, 7) is 9.29. The van der Waals surface area contributed by atoms with Crippen LogP contribution in [0.4, 0.5) is 4.79 Å². The van der Waals surface area contributed by atoms with Crippen molar-refractivity contribution in [2.75, 3.05) is 7.11 Å². The average Bonchev–Trinajstić information content (AvgIpc) is 2.82. The molecule has 0 spiro atoms. The third-order valence-corrected chi connectivity index (χ3v) is 3.95. The van der Waals surface area contributed by atoms with Crippen LogP contribution in [0, 0.1) is 13.8 Å². The number of methoxy groups -OCH3 is 1. The summed E-state index contributed by atoms with van der Waals surface area (Å²) < 4.78 is 10.1. The maximum absolute atomic E-state index is 12.2. The van der Waals surface area contributed by atoms with Crippen molar-refractivity contribution >= 4 is 23.0 Å². The maximum Gasteiger partial charge on any atom is 0.408 e. The van der Waals surface area contributed by atoms with Crippen LogP contribution >= 0.6 is 0 Å². The first-order valence-electron chi connectivity index (χ1n) is 8.26. The molecule has 1 atom stereocenters. The number of para-hydroxylation sites is 1. The first kappa shape index (κ1) is 18.8. The second kappa shape index (κ2) is 7.17. The van der Waals surface area contributed by atoms with Gasteiger partial charge in [-0.05, 0) is 45.7 Å². The third-order valence-electron chi connectivity index (χ3n) is 3.95. The summed E-state index contributed by atoms with van der Waals surface area (Å²) in [6.07, 6.45) is -0.321. The molecule has 1 heterocycles. The molecule has 0 bridgehead atoms. The molecule has 1 aromatic heterocycles. The van der Waals surface area contributed by atoms with E-state index >= 15 is 0 Å². The summed E-state index contributed by atoms with van der Waals surface area (Å²) in [7, 11) is 1.30. The zero-order valence-corrected chi connectivity index (χ0v) is 15.6.